The molecule has 3 aliphatic rings. The van der Waals surface area contributed by atoms with Crippen molar-refractivity contribution in [3.63, 3.8) is 0 Å². The van der Waals surface area contributed by atoms with E-state index in [0.717, 1.165) is 25.8 Å². The molecular formula is C18H24N4O3. The Bertz CT molecular complexity index is 636. The molecule has 3 fully saturated rings. The van der Waals surface area contributed by atoms with Crippen molar-refractivity contribution in [2.75, 3.05) is 36.5 Å². The molecule has 3 amide bonds. The highest BCUT2D eigenvalue weighted by Crippen LogP contribution is 2.28. The highest BCUT2D eigenvalue weighted by molar-refractivity contribution is 5.94. The topological polar surface area (TPSA) is 74.8 Å². The van der Waals surface area contributed by atoms with Crippen LogP contribution in [0.1, 0.15) is 32.1 Å². The van der Waals surface area contributed by atoms with Crippen molar-refractivity contribution in [3.05, 3.63) is 18.3 Å². The number of pyridine rings is 1. The van der Waals surface area contributed by atoms with Crippen LogP contribution >= 0.6 is 0 Å². The SMILES string of the molecule is O=C(Nc1ccc(N2CCN(C3CCCC3)C2=O)nc1)C1CCOC1. The molecule has 2 aliphatic heterocycles. The second-order valence-corrected chi connectivity index (χ2v) is 7.02. The zero-order chi connectivity index (χ0) is 17.2. The largest absolute Gasteiger partial charge is 0.381 e. The van der Waals surface area contributed by atoms with Crippen LogP contribution in [-0.2, 0) is 9.53 Å². The zero-order valence-corrected chi connectivity index (χ0v) is 14.3. The van der Waals surface area contributed by atoms with Crippen molar-refractivity contribution in [1.29, 1.82) is 0 Å². The van der Waals surface area contributed by atoms with E-state index < -0.39 is 0 Å². The lowest BCUT2D eigenvalue weighted by molar-refractivity contribution is -0.119. The normalized spacial score (nSPS) is 24.3. The molecule has 1 aromatic rings. The van der Waals surface area contributed by atoms with Crippen LogP contribution in [0.4, 0.5) is 16.3 Å². The quantitative estimate of drug-likeness (QED) is 0.909. The van der Waals surface area contributed by atoms with Crippen molar-refractivity contribution < 1.29 is 14.3 Å². The summed E-state index contributed by atoms with van der Waals surface area (Å²) in [5, 5.41) is 2.87. The van der Waals surface area contributed by atoms with Gasteiger partial charge in [0.25, 0.3) is 0 Å². The summed E-state index contributed by atoms with van der Waals surface area (Å²) < 4.78 is 5.24. The minimum absolute atomic E-state index is 0.0308. The van der Waals surface area contributed by atoms with E-state index in [1.807, 2.05) is 11.0 Å². The van der Waals surface area contributed by atoms with Gasteiger partial charge in [0.15, 0.2) is 0 Å². The molecule has 0 bridgehead atoms. The molecule has 1 atom stereocenters. The second kappa shape index (κ2) is 7.00. The fraction of sp³-hybridized carbons (Fsp3) is 0.611. The molecule has 1 aromatic heterocycles. The number of nitrogens with zero attached hydrogens (tertiary/aromatic N) is 3. The first-order chi connectivity index (χ1) is 12.2. The molecule has 7 heteroatoms. The number of anilines is 2. The number of aromatic nitrogens is 1. The highest BCUT2D eigenvalue weighted by atomic mass is 16.5. The molecule has 3 heterocycles. The lowest BCUT2D eigenvalue weighted by Crippen LogP contribution is -2.38. The van der Waals surface area contributed by atoms with Gasteiger partial charge in [-0.3, -0.25) is 9.69 Å². The van der Waals surface area contributed by atoms with Crippen LogP contribution in [0, 0.1) is 5.92 Å². The number of carbonyl (C=O) groups excluding carboxylic acids is 2. The van der Waals surface area contributed by atoms with Crippen LogP contribution < -0.4 is 10.2 Å². The molecule has 0 spiro atoms. The molecular weight excluding hydrogens is 320 g/mol. The number of rotatable bonds is 4. The van der Waals surface area contributed by atoms with Gasteiger partial charge in [-0.2, -0.15) is 0 Å². The van der Waals surface area contributed by atoms with Crippen LogP contribution in [-0.4, -0.2) is 54.2 Å². The maximum absolute atomic E-state index is 12.7. The number of urea groups is 1. The van der Waals surface area contributed by atoms with Crippen molar-refractivity contribution >= 4 is 23.4 Å². The number of carbonyl (C=O) groups is 2. The molecule has 2 saturated heterocycles. The highest BCUT2D eigenvalue weighted by Gasteiger charge is 2.36. The van der Waals surface area contributed by atoms with E-state index in [9.17, 15) is 9.59 Å². The molecule has 25 heavy (non-hydrogen) atoms. The molecule has 1 N–H and O–H groups in total. The summed E-state index contributed by atoms with van der Waals surface area (Å²) in [6.45, 7) is 2.57. The molecule has 7 nitrogen and oxygen atoms in total. The first-order valence-electron chi connectivity index (χ1n) is 9.15. The fourth-order valence-electron chi connectivity index (χ4n) is 3.93. The number of ether oxygens (including phenoxy) is 1. The van der Waals surface area contributed by atoms with Crippen molar-refractivity contribution in [2.24, 2.45) is 5.92 Å². The van der Waals surface area contributed by atoms with E-state index in [4.69, 9.17) is 4.74 Å². The molecule has 1 aliphatic carbocycles. The minimum atomic E-state index is -0.0835. The Morgan fingerprint density at radius 2 is 2.04 bits per heavy atom. The number of amides is 3. The molecule has 4 rings (SSSR count). The van der Waals surface area contributed by atoms with Crippen LogP contribution in [0.3, 0.4) is 0 Å². The van der Waals surface area contributed by atoms with Crippen LogP contribution in [0.2, 0.25) is 0 Å². The lowest BCUT2D eigenvalue weighted by Gasteiger charge is -2.23. The third kappa shape index (κ3) is 3.33. The third-order valence-corrected chi connectivity index (χ3v) is 5.40. The van der Waals surface area contributed by atoms with E-state index in [1.54, 1.807) is 17.2 Å². The number of nitrogens with one attached hydrogen (secondary N) is 1. The lowest BCUT2D eigenvalue weighted by atomic mass is 10.1. The van der Waals surface area contributed by atoms with Gasteiger partial charge in [0.2, 0.25) is 5.91 Å². The number of hydrogen-bond acceptors (Lipinski definition) is 4. The predicted molar refractivity (Wildman–Crippen MR) is 93.5 cm³/mol. The minimum Gasteiger partial charge on any atom is -0.381 e. The molecule has 0 radical (unpaired) electrons. The van der Waals surface area contributed by atoms with Gasteiger partial charge in [0.05, 0.1) is 24.4 Å². The van der Waals surface area contributed by atoms with Gasteiger partial charge in [-0.15, -0.1) is 0 Å². The van der Waals surface area contributed by atoms with Crippen LogP contribution in [0.5, 0.6) is 0 Å². The first-order valence-corrected chi connectivity index (χ1v) is 9.15. The van der Waals surface area contributed by atoms with E-state index in [1.165, 1.54) is 12.8 Å². The summed E-state index contributed by atoms with van der Waals surface area (Å²) in [4.78, 5) is 32.9. The zero-order valence-electron chi connectivity index (χ0n) is 14.3. The predicted octanol–water partition coefficient (Wildman–Crippen LogP) is 2.24. The summed E-state index contributed by atoms with van der Waals surface area (Å²) >= 11 is 0. The Balaban J connectivity index is 1.38. The van der Waals surface area contributed by atoms with Gasteiger partial charge in [-0.05, 0) is 31.4 Å². The Morgan fingerprint density at radius 1 is 1.20 bits per heavy atom. The van der Waals surface area contributed by atoms with E-state index in [0.29, 0.717) is 37.3 Å². The number of hydrogen-bond donors (Lipinski definition) is 1. The molecule has 1 unspecified atom stereocenters. The second-order valence-electron chi connectivity index (χ2n) is 7.02. The Kier molecular flexibility index (Phi) is 4.57. The van der Waals surface area contributed by atoms with Gasteiger partial charge in [0.1, 0.15) is 5.82 Å². The summed E-state index contributed by atoms with van der Waals surface area (Å²) in [7, 11) is 0. The Morgan fingerprint density at radius 3 is 2.72 bits per heavy atom. The van der Waals surface area contributed by atoms with Gasteiger partial charge in [-0.1, -0.05) is 12.8 Å². The maximum atomic E-state index is 12.7. The van der Waals surface area contributed by atoms with Crippen LogP contribution in [0.15, 0.2) is 18.3 Å². The third-order valence-electron chi connectivity index (χ3n) is 5.40. The first kappa shape index (κ1) is 16.3. The maximum Gasteiger partial charge on any atom is 0.326 e. The van der Waals surface area contributed by atoms with Gasteiger partial charge in [-0.25, -0.2) is 9.78 Å². The molecule has 134 valence electrons. The average molecular weight is 344 g/mol. The summed E-state index contributed by atoms with van der Waals surface area (Å²) in [6.07, 6.45) is 7.04. The van der Waals surface area contributed by atoms with Crippen molar-refractivity contribution in [2.45, 2.75) is 38.1 Å². The van der Waals surface area contributed by atoms with E-state index in [2.05, 4.69) is 10.3 Å². The Labute approximate surface area is 147 Å². The molecule has 1 saturated carbocycles. The van der Waals surface area contributed by atoms with Gasteiger partial charge in [0, 0.05) is 25.7 Å². The van der Waals surface area contributed by atoms with Crippen LogP contribution in [0.25, 0.3) is 0 Å². The smallest absolute Gasteiger partial charge is 0.326 e. The van der Waals surface area contributed by atoms with Crippen molar-refractivity contribution in [3.8, 4) is 0 Å². The summed E-state index contributed by atoms with van der Waals surface area (Å²) in [6, 6.07) is 4.06. The van der Waals surface area contributed by atoms with E-state index in [-0.39, 0.29) is 17.9 Å². The molecule has 0 aromatic carbocycles. The van der Waals surface area contributed by atoms with E-state index >= 15 is 0 Å². The Hall–Kier alpha value is -2.15. The average Bonchev–Trinajstić information content (AvgIpc) is 3.37. The summed E-state index contributed by atoms with van der Waals surface area (Å²) in [5.74, 6) is 0.532. The summed E-state index contributed by atoms with van der Waals surface area (Å²) in [5.41, 5.74) is 0.653. The van der Waals surface area contributed by atoms with Crippen molar-refractivity contribution in [1.82, 2.24) is 9.88 Å². The van der Waals surface area contributed by atoms with Gasteiger partial charge >= 0.3 is 6.03 Å². The monoisotopic (exact) mass is 344 g/mol. The standard InChI is InChI=1S/C18H24N4O3/c23-17(13-7-10-25-12-13)20-14-5-6-16(19-11-14)22-9-8-21(18(22)24)15-3-1-2-4-15/h5-6,11,13,15H,1-4,7-10,12H2,(H,20,23). The fourth-order valence-corrected chi connectivity index (χ4v) is 3.93. The van der Waals surface area contributed by atoms with Gasteiger partial charge < -0.3 is 15.0 Å².